The first-order valence-corrected chi connectivity index (χ1v) is 5.02. The molecule has 0 aromatic rings. The number of rotatable bonds is 8. The summed E-state index contributed by atoms with van der Waals surface area (Å²) in [5, 5.41) is 8.33. The average molecular weight is 190 g/mol. The summed E-state index contributed by atoms with van der Waals surface area (Å²) in [6.07, 6.45) is 3.83. The molecule has 0 saturated carbocycles. The third kappa shape index (κ3) is 9.31. The second kappa shape index (κ2) is 8.02. The molecule has 3 heteroatoms. The van der Waals surface area contributed by atoms with Crippen molar-refractivity contribution in [3.8, 4) is 0 Å². The number of carbonyl (C=O) groups is 1. The zero-order valence-electron chi connectivity index (χ0n) is 8.26. The first-order valence-electron chi connectivity index (χ1n) is 5.02. The molecule has 0 spiro atoms. The van der Waals surface area contributed by atoms with E-state index in [1.54, 1.807) is 0 Å². The van der Waals surface area contributed by atoms with Gasteiger partial charge in [-0.15, -0.1) is 0 Å². The molecule has 0 fully saturated rings. The monoisotopic (exact) mass is 190 g/mol. The SMILES string of the molecule is CCCCC(F)CCCCC(=O)O. The Hall–Kier alpha value is -0.600. The third-order valence-corrected chi connectivity index (χ3v) is 2.03. The molecule has 1 unspecified atom stereocenters. The van der Waals surface area contributed by atoms with Crippen molar-refractivity contribution in [3.63, 3.8) is 0 Å². The van der Waals surface area contributed by atoms with Crippen molar-refractivity contribution >= 4 is 5.97 Å². The molecule has 0 rings (SSSR count). The number of unbranched alkanes of at least 4 members (excludes halogenated alkanes) is 2. The molecule has 0 aliphatic rings. The lowest BCUT2D eigenvalue weighted by Crippen LogP contribution is -2.01. The van der Waals surface area contributed by atoms with Gasteiger partial charge >= 0.3 is 5.97 Å². The number of hydrogen-bond donors (Lipinski definition) is 1. The molecular weight excluding hydrogens is 171 g/mol. The van der Waals surface area contributed by atoms with Crippen LogP contribution in [0.3, 0.4) is 0 Å². The molecule has 0 aromatic carbocycles. The molecule has 78 valence electrons. The second-order valence-corrected chi connectivity index (χ2v) is 3.38. The molecule has 0 aromatic heterocycles. The van der Waals surface area contributed by atoms with E-state index in [0.717, 1.165) is 12.8 Å². The van der Waals surface area contributed by atoms with E-state index >= 15 is 0 Å². The van der Waals surface area contributed by atoms with Crippen molar-refractivity contribution < 1.29 is 14.3 Å². The first-order chi connectivity index (χ1) is 6.16. The van der Waals surface area contributed by atoms with Crippen molar-refractivity contribution in [2.75, 3.05) is 0 Å². The Kier molecular flexibility index (Phi) is 7.65. The van der Waals surface area contributed by atoms with Crippen LogP contribution in [-0.2, 0) is 4.79 Å². The topological polar surface area (TPSA) is 37.3 Å². The zero-order chi connectivity index (χ0) is 10.1. The van der Waals surface area contributed by atoms with Crippen molar-refractivity contribution in [1.82, 2.24) is 0 Å². The van der Waals surface area contributed by atoms with Gasteiger partial charge in [-0.3, -0.25) is 4.79 Å². The largest absolute Gasteiger partial charge is 0.481 e. The molecule has 0 bridgehead atoms. The fourth-order valence-electron chi connectivity index (χ4n) is 1.21. The Labute approximate surface area is 79.1 Å². The molecule has 0 heterocycles. The smallest absolute Gasteiger partial charge is 0.303 e. The third-order valence-electron chi connectivity index (χ3n) is 2.03. The van der Waals surface area contributed by atoms with Crippen LogP contribution in [0.5, 0.6) is 0 Å². The van der Waals surface area contributed by atoms with Crippen LogP contribution < -0.4 is 0 Å². The van der Waals surface area contributed by atoms with E-state index in [4.69, 9.17) is 5.11 Å². The minimum atomic E-state index is -0.788. The van der Waals surface area contributed by atoms with Crippen LogP contribution in [0.4, 0.5) is 4.39 Å². The predicted octanol–water partition coefficient (Wildman–Crippen LogP) is 3.16. The summed E-state index contributed by atoms with van der Waals surface area (Å²) in [4.78, 5) is 10.1. The summed E-state index contributed by atoms with van der Waals surface area (Å²) in [6, 6.07) is 0. The number of hydrogen-bond acceptors (Lipinski definition) is 1. The van der Waals surface area contributed by atoms with Gasteiger partial charge in [0.25, 0.3) is 0 Å². The number of halogens is 1. The first kappa shape index (κ1) is 12.4. The van der Waals surface area contributed by atoms with Crippen LogP contribution in [0, 0.1) is 0 Å². The van der Waals surface area contributed by atoms with Crippen LogP contribution in [-0.4, -0.2) is 17.2 Å². The molecule has 0 aliphatic heterocycles. The van der Waals surface area contributed by atoms with E-state index in [-0.39, 0.29) is 6.42 Å². The van der Waals surface area contributed by atoms with E-state index in [2.05, 4.69) is 0 Å². The summed E-state index contributed by atoms with van der Waals surface area (Å²) in [7, 11) is 0. The number of aliphatic carboxylic acids is 1. The van der Waals surface area contributed by atoms with Crippen molar-refractivity contribution in [1.29, 1.82) is 0 Å². The normalized spacial score (nSPS) is 12.8. The van der Waals surface area contributed by atoms with E-state index in [1.807, 2.05) is 6.92 Å². The summed E-state index contributed by atoms with van der Waals surface area (Å²) in [6.45, 7) is 2.04. The Bertz CT molecular complexity index is 137. The van der Waals surface area contributed by atoms with Crippen LogP contribution in [0.25, 0.3) is 0 Å². The maximum absolute atomic E-state index is 13.0. The Balaban J connectivity index is 3.16. The lowest BCUT2D eigenvalue weighted by Gasteiger charge is -2.05. The van der Waals surface area contributed by atoms with Crippen LogP contribution >= 0.6 is 0 Å². The van der Waals surface area contributed by atoms with Gasteiger partial charge in [0.15, 0.2) is 0 Å². The van der Waals surface area contributed by atoms with E-state index < -0.39 is 12.1 Å². The molecule has 0 radical (unpaired) electrons. The van der Waals surface area contributed by atoms with Gasteiger partial charge in [-0.25, -0.2) is 4.39 Å². The van der Waals surface area contributed by atoms with Gasteiger partial charge in [-0.2, -0.15) is 0 Å². The van der Waals surface area contributed by atoms with Gasteiger partial charge in [0.2, 0.25) is 0 Å². The Morgan fingerprint density at radius 1 is 1.31 bits per heavy atom. The molecule has 0 saturated heterocycles. The van der Waals surface area contributed by atoms with Gasteiger partial charge in [0, 0.05) is 6.42 Å². The van der Waals surface area contributed by atoms with Gasteiger partial charge < -0.3 is 5.11 Å². The lowest BCUT2D eigenvalue weighted by molar-refractivity contribution is -0.137. The van der Waals surface area contributed by atoms with Crippen LogP contribution in [0.15, 0.2) is 0 Å². The highest BCUT2D eigenvalue weighted by Crippen LogP contribution is 2.12. The summed E-state index contributed by atoms with van der Waals surface area (Å²) >= 11 is 0. The minimum Gasteiger partial charge on any atom is -0.481 e. The minimum absolute atomic E-state index is 0.167. The van der Waals surface area contributed by atoms with Gasteiger partial charge in [-0.1, -0.05) is 19.8 Å². The standard InChI is InChI=1S/C10H19FO2/c1-2-3-6-9(11)7-4-5-8-10(12)13/h9H,2-8H2,1H3,(H,12,13). The highest BCUT2D eigenvalue weighted by molar-refractivity contribution is 5.66. The Morgan fingerprint density at radius 2 is 1.92 bits per heavy atom. The summed E-state index contributed by atoms with van der Waals surface area (Å²) in [5.74, 6) is -0.788. The fourth-order valence-corrected chi connectivity index (χ4v) is 1.21. The number of carboxylic acids is 1. The molecule has 0 amide bonds. The second-order valence-electron chi connectivity index (χ2n) is 3.38. The molecule has 2 nitrogen and oxygen atoms in total. The fraction of sp³-hybridized carbons (Fsp3) is 0.900. The predicted molar refractivity (Wildman–Crippen MR) is 50.5 cm³/mol. The Morgan fingerprint density at radius 3 is 2.46 bits per heavy atom. The van der Waals surface area contributed by atoms with Crippen molar-refractivity contribution in [3.05, 3.63) is 0 Å². The molecular formula is C10H19FO2. The highest BCUT2D eigenvalue weighted by atomic mass is 19.1. The summed E-state index contributed by atoms with van der Waals surface area (Å²) in [5.41, 5.74) is 0. The number of carboxylic acid groups (broad SMARTS) is 1. The van der Waals surface area contributed by atoms with Crippen molar-refractivity contribution in [2.45, 2.75) is 58.0 Å². The van der Waals surface area contributed by atoms with Gasteiger partial charge in [0.1, 0.15) is 6.17 Å². The van der Waals surface area contributed by atoms with E-state index in [9.17, 15) is 9.18 Å². The lowest BCUT2D eigenvalue weighted by atomic mass is 10.1. The average Bonchev–Trinajstić information content (AvgIpc) is 2.08. The number of alkyl halides is 1. The molecule has 13 heavy (non-hydrogen) atoms. The molecule has 1 atom stereocenters. The van der Waals surface area contributed by atoms with E-state index in [1.165, 1.54) is 0 Å². The summed E-state index contributed by atoms with van der Waals surface area (Å²) < 4.78 is 13.0. The van der Waals surface area contributed by atoms with Gasteiger partial charge in [0.05, 0.1) is 0 Å². The molecule has 0 aliphatic carbocycles. The quantitative estimate of drug-likeness (QED) is 0.597. The van der Waals surface area contributed by atoms with Crippen molar-refractivity contribution in [2.24, 2.45) is 0 Å². The van der Waals surface area contributed by atoms with Crippen LogP contribution in [0.1, 0.15) is 51.9 Å². The maximum Gasteiger partial charge on any atom is 0.303 e. The highest BCUT2D eigenvalue weighted by Gasteiger charge is 2.05. The van der Waals surface area contributed by atoms with Gasteiger partial charge in [-0.05, 0) is 25.7 Å². The van der Waals surface area contributed by atoms with Crippen LogP contribution in [0.2, 0.25) is 0 Å². The maximum atomic E-state index is 13.0. The van der Waals surface area contributed by atoms with E-state index in [0.29, 0.717) is 25.7 Å². The zero-order valence-corrected chi connectivity index (χ0v) is 8.26. The molecule has 1 N–H and O–H groups in total.